The average Bonchev–Trinajstić information content (AvgIpc) is 3.11. The van der Waals surface area contributed by atoms with Crippen molar-refractivity contribution in [1.29, 1.82) is 0 Å². The molecule has 0 spiro atoms. The van der Waals surface area contributed by atoms with E-state index in [4.69, 9.17) is 9.72 Å². The van der Waals surface area contributed by atoms with Crippen molar-refractivity contribution >= 4 is 17.2 Å². The zero-order valence-electron chi connectivity index (χ0n) is 14.9. The van der Waals surface area contributed by atoms with Crippen molar-refractivity contribution in [1.82, 2.24) is 14.8 Å². The normalized spacial score (nSPS) is 23.6. The summed E-state index contributed by atoms with van der Waals surface area (Å²) in [7, 11) is 1.73. The molecule has 0 aromatic carbocycles. The quantitative estimate of drug-likeness (QED) is 0.818. The SMILES string of the molecule is COCCN1CCN(C(=O)c2csc(C3CCCCC3)n2)CC1C. The van der Waals surface area contributed by atoms with Crippen molar-refractivity contribution < 1.29 is 9.53 Å². The molecule has 2 fully saturated rings. The van der Waals surface area contributed by atoms with E-state index in [2.05, 4.69) is 11.8 Å². The number of methoxy groups -OCH3 is 1. The highest BCUT2D eigenvalue weighted by molar-refractivity contribution is 7.09. The zero-order chi connectivity index (χ0) is 16.9. The van der Waals surface area contributed by atoms with E-state index in [1.54, 1.807) is 18.4 Å². The Morgan fingerprint density at radius 3 is 2.83 bits per heavy atom. The van der Waals surface area contributed by atoms with E-state index < -0.39 is 0 Å². The van der Waals surface area contributed by atoms with Gasteiger partial charge in [-0.15, -0.1) is 11.3 Å². The molecule has 1 aliphatic carbocycles. The van der Waals surface area contributed by atoms with E-state index in [9.17, 15) is 4.79 Å². The summed E-state index contributed by atoms with van der Waals surface area (Å²) in [4.78, 5) is 21.8. The first kappa shape index (κ1) is 17.8. The van der Waals surface area contributed by atoms with E-state index in [-0.39, 0.29) is 5.91 Å². The number of rotatable bonds is 5. The second kappa shape index (κ2) is 8.41. The molecule has 3 rings (SSSR count). The van der Waals surface area contributed by atoms with Crippen molar-refractivity contribution in [3.63, 3.8) is 0 Å². The molecule has 5 nitrogen and oxygen atoms in total. The summed E-state index contributed by atoms with van der Waals surface area (Å²) in [6.07, 6.45) is 6.41. The maximum absolute atomic E-state index is 12.8. The summed E-state index contributed by atoms with van der Waals surface area (Å²) in [5.74, 6) is 0.682. The first-order valence-corrected chi connectivity index (χ1v) is 10.0. The Morgan fingerprint density at radius 1 is 1.33 bits per heavy atom. The van der Waals surface area contributed by atoms with Gasteiger partial charge < -0.3 is 9.64 Å². The largest absolute Gasteiger partial charge is 0.383 e. The first-order chi connectivity index (χ1) is 11.7. The van der Waals surface area contributed by atoms with E-state index >= 15 is 0 Å². The third kappa shape index (κ3) is 4.16. The van der Waals surface area contributed by atoms with Gasteiger partial charge in [0.1, 0.15) is 5.69 Å². The van der Waals surface area contributed by atoms with Gasteiger partial charge in [-0.25, -0.2) is 4.98 Å². The van der Waals surface area contributed by atoms with Crippen LogP contribution in [0, 0.1) is 0 Å². The fourth-order valence-corrected chi connectivity index (χ4v) is 4.77. The molecule has 2 aliphatic rings. The van der Waals surface area contributed by atoms with Crippen LogP contribution in [-0.2, 0) is 4.74 Å². The molecule has 0 bridgehead atoms. The summed E-state index contributed by atoms with van der Waals surface area (Å²) >= 11 is 1.68. The van der Waals surface area contributed by atoms with Crippen molar-refractivity contribution in [3.05, 3.63) is 16.1 Å². The smallest absolute Gasteiger partial charge is 0.273 e. The number of carbonyl (C=O) groups excluding carboxylic acids is 1. The minimum atomic E-state index is 0.103. The van der Waals surface area contributed by atoms with Crippen LogP contribution in [0.2, 0.25) is 0 Å². The maximum Gasteiger partial charge on any atom is 0.273 e. The van der Waals surface area contributed by atoms with Crippen molar-refractivity contribution in [3.8, 4) is 0 Å². The lowest BCUT2D eigenvalue weighted by molar-refractivity contribution is 0.0430. The van der Waals surface area contributed by atoms with Crippen LogP contribution < -0.4 is 0 Å². The Bertz CT molecular complexity index is 542. The van der Waals surface area contributed by atoms with Crippen LogP contribution in [0.25, 0.3) is 0 Å². The number of amides is 1. The molecule has 1 atom stereocenters. The molecular formula is C18H29N3O2S. The van der Waals surface area contributed by atoms with Crippen molar-refractivity contribution in [2.24, 2.45) is 0 Å². The number of ether oxygens (including phenoxy) is 1. The van der Waals surface area contributed by atoms with Gasteiger partial charge >= 0.3 is 0 Å². The van der Waals surface area contributed by atoms with Gasteiger partial charge in [0.2, 0.25) is 0 Å². The molecule has 0 N–H and O–H groups in total. The van der Waals surface area contributed by atoms with Crippen LogP contribution in [0.15, 0.2) is 5.38 Å². The van der Waals surface area contributed by atoms with Gasteiger partial charge in [0.15, 0.2) is 0 Å². The Labute approximate surface area is 149 Å². The number of piperazine rings is 1. The second-order valence-corrected chi connectivity index (χ2v) is 7.92. The van der Waals surface area contributed by atoms with Crippen molar-refractivity contribution in [2.75, 3.05) is 39.9 Å². The molecule has 0 radical (unpaired) electrons. The standard InChI is InChI=1S/C18H29N3O2S/c1-14-12-21(9-8-20(14)10-11-23-2)18(22)16-13-24-17(19-16)15-6-4-3-5-7-15/h13-15H,3-12H2,1-2H3. The third-order valence-electron chi connectivity index (χ3n) is 5.33. The highest BCUT2D eigenvalue weighted by atomic mass is 32.1. The van der Waals surface area contributed by atoms with Crippen LogP contribution in [0.1, 0.15) is 60.4 Å². The summed E-state index contributed by atoms with van der Waals surface area (Å²) < 4.78 is 5.17. The van der Waals surface area contributed by atoms with E-state index in [0.717, 1.165) is 32.8 Å². The topological polar surface area (TPSA) is 45.7 Å². The lowest BCUT2D eigenvalue weighted by Gasteiger charge is -2.39. The van der Waals surface area contributed by atoms with Gasteiger partial charge in [-0.1, -0.05) is 19.3 Å². The van der Waals surface area contributed by atoms with Crippen LogP contribution in [0.3, 0.4) is 0 Å². The molecule has 1 saturated carbocycles. The molecule has 134 valence electrons. The highest BCUT2D eigenvalue weighted by Crippen LogP contribution is 2.34. The van der Waals surface area contributed by atoms with Crippen LogP contribution in [0.4, 0.5) is 0 Å². The molecule has 1 aromatic heterocycles. The number of hydrogen-bond acceptors (Lipinski definition) is 5. The average molecular weight is 352 g/mol. The van der Waals surface area contributed by atoms with Gasteiger partial charge in [0, 0.05) is 50.6 Å². The predicted octanol–water partition coefficient (Wildman–Crippen LogP) is 2.98. The number of thiazole rings is 1. The van der Waals surface area contributed by atoms with Crippen LogP contribution in [-0.4, -0.2) is 66.6 Å². The molecule has 24 heavy (non-hydrogen) atoms. The van der Waals surface area contributed by atoms with E-state index in [1.165, 1.54) is 37.1 Å². The Morgan fingerprint density at radius 2 is 2.12 bits per heavy atom. The third-order valence-corrected chi connectivity index (χ3v) is 6.34. The van der Waals surface area contributed by atoms with Crippen LogP contribution in [0.5, 0.6) is 0 Å². The van der Waals surface area contributed by atoms with Crippen LogP contribution >= 0.6 is 11.3 Å². The first-order valence-electron chi connectivity index (χ1n) is 9.16. The predicted molar refractivity (Wildman–Crippen MR) is 96.8 cm³/mol. The molecule has 1 saturated heterocycles. The summed E-state index contributed by atoms with van der Waals surface area (Å²) in [6, 6.07) is 0.370. The molecule has 1 unspecified atom stereocenters. The minimum absolute atomic E-state index is 0.103. The van der Waals surface area contributed by atoms with Gasteiger partial charge in [-0.3, -0.25) is 9.69 Å². The summed E-state index contributed by atoms with van der Waals surface area (Å²) in [5.41, 5.74) is 0.651. The van der Waals surface area contributed by atoms with Gasteiger partial charge in [0.05, 0.1) is 11.6 Å². The molecule has 1 aliphatic heterocycles. The van der Waals surface area contributed by atoms with Gasteiger partial charge in [-0.05, 0) is 19.8 Å². The second-order valence-electron chi connectivity index (χ2n) is 7.03. The Kier molecular flexibility index (Phi) is 6.25. The fraction of sp³-hybridized carbons (Fsp3) is 0.778. The maximum atomic E-state index is 12.8. The zero-order valence-corrected chi connectivity index (χ0v) is 15.7. The molecule has 6 heteroatoms. The monoisotopic (exact) mass is 351 g/mol. The lowest BCUT2D eigenvalue weighted by atomic mass is 9.90. The van der Waals surface area contributed by atoms with Gasteiger partial charge in [-0.2, -0.15) is 0 Å². The minimum Gasteiger partial charge on any atom is -0.383 e. The van der Waals surface area contributed by atoms with Crippen molar-refractivity contribution in [2.45, 2.75) is 51.0 Å². The summed E-state index contributed by atoms with van der Waals surface area (Å²) in [5, 5.41) is 3.14. The number of hydrogen-bond donors (Lipinski definition) is 0. The number of aromatic nitrogens is 1. The highest BCUT2D eigenvalue weighted by Gasteiger charge is 2.29. The number of nitrogens with zero attached hydrogens (tertiary/aromatic N) is 3. The number of carbonyl (C=O) groups is 1. The Balaban J connectivity index is 1.58. The molecule has 1 amide bonds. The molecule has 1 aromatic rings. The summed E-state index contributed by atoms with van der Waals surface area (Å²) in [6.45, 7) is 6.33. The lowest BCUT2D eigenvalue weighted by Crippen LogP contribution is -2.54. The van der Waals surface area contributed by atoms with E-state index in [1.807, 2.05) is 10.3 Å². The van der Waals surface area contributed by atoms with E-state index in [0.29, 0.717) is 17.7 Å². The fourth-order valence-electron chi connectivity index (χ4n) is 3.81. The molecular weight excluding hydrogens is 322 g/mol. The van der Waals surface area contributed by atoms with Gasteiger partial charge in [0.25, 0.3) is 5.91 Å². The Hall–Kier alpha value is -0.980. The molecule has 2 heterocycles.